The Labute approximate surface area is 128 Å². The lowest BCUT2D eigenvalue weighted by molar-refractivity contribution is -0.126. The van der Waals surface area contributed by atoms with Gasteiger partial charge in [0.15, 0.2) is 0 Å². The van der Waals surface area contributed by atoms with Gasteiger partial charge >= 0.3 is 0 Å². The molecule has 1 atom stereocenters. The molecule has 4 nitrogen and oxygen atoms in total. The van der Waals surface area contributed by atoms with Crippen LogP contribution in [-0.2, 0) is 4.79 Å². The summed E-state index contributed by atoms with van der Waals surface area (Å²) in [5.41, 5.74) is 2.64. The van der Waals surface area contributed by atoms with Gasteiger partial charge in [-0.25, -0.2) is 0 Å². The van der Waals surface area contributed by atoms with Crippen molar-refractivity contribution in [2.75, 3.05) is 37.6 Å². The average Bonchev–Trinajstić information content (AvgIpc) is 2.52. The second-order valence-corrected chi connectivity index (χ2v) is 5.78. The van der Waals surface area contributed by atoms with Crippen molar-refractivity contribution in [1.82, 2.24) is 10.2 Å². The number of nitrogens with zero attached hydrogens (tertiary/aromatic N) is 2. The summed E-state index contributed by atoms with van der Waals surface area (Å²) in [7, 11) is 0. The molecule has 21 heavy (non-hydrogen) atoms. The predicted molar refractivity (Wildman–Crippen MR) is 87.7 cm³/mol. The third kappa shape index (κ3) is 3.97. The van der Waals surface area contributed by atoms with E-state index in [0.29, 0.717) is 0 Å². The summed E-state index contributed by atoms with van der Waals surface area (Å²) in [5.74, 6) is 0.154. The van der Waals surface area contributed by atoms with E-state index in [2.05, 4.69) is 53.2 Å². The molecule has 0 aliphatic carbocycles. The van der Waals surface area contributed by atoms with Crippen molar-refractivity contribution in [3.05, 3.63) is 29.8 Å². The van der Waals surface area contributed by atoms with Crippen molar-refractivity contribution in [3.8, 4) is 0 Å². The van der Waals surface area contributed by atoms with E-state index < -0.39 is 0 Å². The largest absolute Gasteiger partial charge is 0.369 e. The number of benzene rings is 1. The van der Waals surface area contributed by atoms with Crippen LogP contribution in [-0.4, -0.2) is 49.6 Å². The summed E-state index contributed by atoms with van der Waals surface area (Å²) in [6.07, 6.45) is 0.986. The number of hydrogen-bond acceptors (Lipinski definition) is 3. The quantitative estimate of drug-likeness (QED) is 0.901. The van der Waals surface area contributed by atoms with E-state index in [1.54, 1.807) is 0 Å². The molecule has 1 unspecified atom stereocenters. The molecule has 1 aliphatic rings. The summed E-state index contributed by atoms with van der Waals surface area (Å²) < 4.78 is 0. The minimum Gasteiger partial charge on any atom is -0.369 e. The molecule has 1 N–H and O–H groups in total. The third-order valence-electron chi connectivity index (χ3n) is 4.25. The van der Waals surface area contributed by atoms with Crippen LogP contribution in [0.4, 0.5) is 5.69 Å². The van der Waals surface area contributed by atoms with Crippen LogP contribution in [0.2, 0.25) is 0 Å². The highest BCUT2D eigenvalue weighted by atomic mass is 16.2. The molecule has 1 saturated heterocycles. The lowest BCUT2D eigenvalue weighted by atomic mass is 10.1. The molecule has 1 aliphatic heterocycles. The molecule has 0 aromatic heterocycles. The number of carbonyl (C=O) groups excluding carboxylic acids is 1. The zero-order valence-electron chi connectivity index (χ0n) is 13.4. The third-order valence-corrected chi connectivity index (χ3v) is 4.25. The normalized spacial score (nSPS) is 17.6. The zero-order chi connectivity index (χ0) is 15.2. The minimum atomic E-state index is -0.0319. The monoisotopic (exact) mass is 289 g/mol. The minimum absolute atomic E-state index is 0.0319. The highest BCUT2D eigenvalue weighted by molar-refractivity contribution is 5.81. The van der Waals surface area contributed by atoms with Gasteiger partial charge in [-0.2, -0.15) is 0 Å². The van der Waals surface area contributed by atoms with E-state index in [9.17, 15) is 4.79 Å². The van der Waals surface area contributed by atoms with Gasteiger partial charge in [0, 0.05) is 38.4 Å². The highest BCUT2D eigenvalue weighted by Crippen LogP contribution is 2.21. The SMILES string of the molecule is CCCNC(=O)C(C)N1CCN(c2ccccc2C)CC1. The Balaban J connectivity index is 1.88. The fourth-order valence-electron chi connectivity index (χ4n) is 2.83. The Morgan fingerprint density at radius 3 is 2.52 bits per heavy atom. The maximum absolute atomic E-state index is 12.0. The maximum atomic E-state index is 12.0. The van der Waals surface area contributed by atoms with E-state index >= 15 is 0 Å². The second-order valence-electron chi connectivity index (χ2n) is 5.78. The first-order valence-corrected chi connectivity index (χ1v) is 7.95. The Bertz CT molecular complexity index is 467. The maximum Gasteiger partial charge on any atom is 0.237 e. The molecule has 0 radical (unpaired) electrons. The number of hydrogen-bond donors (Lipinski definition) is 1. The smallest absolute Gasteiger partial charge is 0.237 e. The fourth-order valence-corrected chi connectivity index (χ4v) is 2.83. The molecule has 2 rings (SSSR count). The molecular formula is C17H27N3O. The molecule has 1 heterocycles. The summed E-state index contributed by atoms with van der Waals surface area (Å²) in [4.78, 5) is 16.7. The number of para-hydroxylation sites is 1. The molecule has 1 amide bonds. The summed E-state index contributed by atoms with van der Waals surface area (Å²) in [6, 6.07) is 8.48. The first kappa shape index (κ1) is 15.8. The van der Waals surface area contributed by atoms with Crippen LogP contribution in [0.5, 0.6) is 0 Å². The second kappa shape index (κ2) is 7.46. The molecule has 4 heteroatoms. The summed E-state index contributed by atoms with van der Waals surface area (Å²) in [5, 5.41) is 2.99. The van der Waals surface area contributed by atoms with Crippen molar-refractivity contribution in [3.63, 3.8) is 0 Å². The van der Waals surface area contributed by atoms with Gasteiger partial charge in [-0.3, -0.25) is 9.69 Å². The lowest BCUT2D eigenvalue weighted by Gasteiger charge is -2.39. The van der Waals surface area contributed by atoms with E-state index in [4.69, 9.17) is 0 Å². The topological polar surface area (TPSA) is 35.6 Å². The standard InChI is InChI=1S/C17H27N3O/c1-4-9-18-17(21)15(3)19-10-12-20(13-11-19)16-8-6-5-7-14(16)2/h5-8,15H,4,9-13H2,1-3H3,(H,18,21). The molecule has 116 valence electrons. The Hall–Kier alpha value is -1.55. The van der Waals surface area contributed by atoms with Crippen LogP contribution in [0.1, 0.15) is 25.8 Å². The van der Waals surface area contributed by atoms with E-state index in [0.717, 1.165) is 39.1 Å². The van der Waals surface area contributed by atoms with E-state index in [1.165, 1.54) is 11.3 Å². The van der Waals surface area contributed by atoms with Crippen LogP contribution in [0.3, 0.4) is 0 Å². The number of rotatable bonds is 5. The Morgan fingerprint density at radius 2 is 1.90 bits per heavy atom. The van der Waals surface area contributed by atoms with Gasteiger partial charge in [0.2, 0.25) is 5.91 Å². The van der Waals surface area contributed by atoms with Crippen molar-refractivity contribution < 1.29 is 4.79 Å². The van der Waals surface area contributed by atoms with E-state index in [-0.39, 0.29) is 11.9 Å². The molecular weight excluding hydrogens is 262 g/mol. The zero-order valence-corrected chi connectivity index (χ0v) is 13.4. The lowest BCUT2D eigenvalue weighted by Crippen LogP contribution is -2.54. The predicted octanol–water partition coefficient (Wildman–Crippen LogP) is 2.03. The van der Waals surface area contributed by atoms with Crippen molar-refractivity contribution >= 4 is 11.6 Å². The number of aryl methyl sites for hydroxylation is 1. The Kier molecular flexibility index (Phi) is 5.62. The van der Waals surface area contributed by atoms with Crippen LogP contribution < -0.4 is 10.2 Å². The van der Waals surface area contributed by atoms with Gasteiger partial charge in [-0.15, -0.1) is 0 Å². The first-order chi connectivity index (χ1) is 10.1. The van der Waals surface area contributed by atoms with Crippen LogP contribution in [0, 0.1) is 6.92 Å². The average molecular weight is 289 g/mol. The highest BCUT2D eigenvalue weighted by Gasteiger charge is 2.25. The number of amides is 1. The van der Waals surface area contributed by atoms with Gasteiger partial charge < -0.3 is 10.2 Å². The number of anilines is 1. The summed E-state index contributed by atoms with van der Waals surface area (Å²) in [6.45, 7) is 10.9. The molecule has 1 aromatic rings. The number of carbonyl (C=O) groups is 1. The molecule has 1 aromatic carbocycles. The molecule has 1 fully saturated rings. The van der Waals surface area contributed by atoms with Crippen molar-refractivity contribution in [2.24, 2.45) is 0 Å². The summed E-state index contributed by atoms with van der Waals surface area (Å²) >= 11 is 0. The van der Waals surface area contributed by atoms with Crippen LogP contribution >= 0.6 is 0 Å². The number of piperazine rings is 1. The van der Waals surface area contributed by atoms with Gasteiger partial charge in [0.05, 0.1) is 6.04 Å². The number of nitrogens with one attached hydrogen (secondary N) is 1. The van der Waals surface area contributed by atoms with Gasteiger partial charge in [0.1, 0.15) is 0 Å². The molecule has 0 bridgehead atoms. The molecule has 0 saturated carbocycles. The Morgan fingerprint density at radius 1 is 1.24 bits per heavy atom. The van der Waals surface area contributed by atoms with Crippen molar-refractivity contribution in [1.29, 1.82) is 0 Å². The van der Waals surface area contributed by atoms with Gasteiger partial charge in [0.25, 0.3) is 0 Å². The van der Waals surface area contributed by atoms with Crippen molar-refractivity contribution in [2.45, 2.75) is 33.2 Å². The molecule has 0 spiro atoms. The van der Waals surface area contributed by atoms with Gasteiger partial charge in [-0.05, 0) is 31.9 Å². The fraction of sp³-hybridized carbons (Fsp3) is 0.588. The first-order valence-electron chi connectivity index (χ1n) is 7.95. The van der Waals surface area contributed by atoms with Gasteiger partial charge in [-0.1, -0.05) is 25.1 Å². The van der Waals surface area contributed by atoms with E-state index in [1.807, 2.05) is 6.92 Å². The van der Waals surface area contributed by atoms with Crippen LogP contribution in [0.15, 0.2) is 24.3 Å². The van der Waals surface area contributed by atoms with Crippen LogP contribution in [0.25, 0.3) is 0 Å².